The summed E-state index contributed by atoms with van der Waals surface area (Å²) in [7, 11) is 0. The van der Waals surface area contributed by atoms with Crippen molar-refractivity contribution in [2.45, 2.75) is 26.3 Å². The number of carbonyl (C=O) groups is 3. The number of Topliss-reactive ketones (excluding diaryl/α,β-unsaturated/α-hetero) is 1. The van der Waals surface area contributed by atoms with Gasteiger partial charge in [0.05, 0.1) is 13.2 Å². The third-order valence-corrected chi connectivity index (χ3v) is 1.61. The van der Waals surface area contributed by atoms with Crippen LogP contribution in [0.1, 0.15) is 20.3 Å². The van der Waals surface area contributed by atoms with E-state index in [1.54, 1.807) is 13.8 Å². The number of hydrogen-bond donors (Lipinski definition) is 0. The zero-order valence-electron chi connectivity index (χ0n) is 9.58. The number of ether oxygens (including phenoxy) is 2. The molecule has 94 valence electrons. The van der Waals surface area contributed by atoms with Gasteiger partial charge in [0.15, 0.2) is 11.8 Å². The highest BCUT2D eigenvalue weighted by Crippen LogP contribution is 2.03. The number of esters is 2. The molecule has 0 saturated heterocycles. The third kappa shape index (κ3) is 5.53. The van der Waals surface area contributed by atoms with E-state index in [9.17, 15) is 14.4 Å². The minimum absolute atomic E-state index is 0.0446. The number of hydrogen-bond acceptors (Lipinski definition) is 6. The molecule has 0 aliphatic carbocycles. The summed E-state index contributed by atoms with van der Waals surface area (Å²) in [6.45, 7) is 3.29. The summed E-state index contributed by atoms with van der Waals surface area (Å²) in [4.78, 5) is 36.1. The maximum absolute atomic E-state index is 11.5. The van der Waals surface area contributed by atoms with Crippen molar-refractivity contribution in [3.8, 4) is 0 Å². The van der Waals surface area contributed by atoms with Gasteiger partial charge in [-0.15, -0.1) is 0 Å². The molecule has 0 aliphatic rings. The molecule has 8 nitrogen and oxygen atoms in total. The summed E-state index contributed by atoms with van der Waals surface area (Å²) in [6.07, 6.45) is -0.629. The number of azide groups is 1. The average Bonchev–Trinajstić information content (AvgIpc) is 2.26. The lowest BCUT2D eigenvalue weighted by molar-refractivity contribution is -0.150. The summed E-state index contributed by atoms with van der Waals surface area (Å²) >= 11 is 0. The molecule has 0 radical (unpaired) electrons. The monoisotopic (exact) mass is 243 g/mol. The van der Waals surface area contributed by atoms with E-state index in [1.807, 2.05) is 0 Å². The first-order valence-corrected chi connectivity index (χ1v) is 4.95. The maximum atomic E-state index is 11.5. The van der Waals surface area contributed by atoms with Gasteiger partial charge in [-0.2, -0.15) is 0 Å². The molecule has 8 heteroatoms. The first-order chi connectivity index (χ1) is 8.06. The fourth-order valence-electron chi connectivity index (χ4n) is 0.967. The van der Waals surface area contributed by atoms with Gasteiger partial charge in [-0.05, 0) is 19.4 Å². The van der Waals surface area contributed by atoms with Crippen LogP contribution >= 0.6 is 0 Å². The van der Waals surface area contributed by atoms with Gasteiger partial charge in [0.1, 0.15) is 6.42 Å². The molecule has 0 aromatic heterocycles. The van der Waals surface area contributed by atoms with Gasteiger partial charge in [0.25, 0.3) is 0 Å². The zero-order chi connectivity index (χ0) is 13.3. The Morgan fingerprint density at radius 2 is 1.82 bits per heavy atom. The Morgan fingerprint density at radius 3 is 2.29 bits per heavy atom. The largest absolute Gasteiger partial charge is 0.466 e. The second kappa shape index (κ2) is 8.12. The van der Waals surface area contributed by atoms with Gasteiger partial charge in [0.2, 0.25) is 0 Å². The van der Waals surface area contributed by atoms with Crippen LogP contribution in [-0.2, 0) is 23.9 Å². The Hall–Kier alpha value is -2.08. The number of rotatable bonds is 7. The van der Waals surface area contributed by atoms with Crippen LogP contribution in [0.3, 0.4) is 0 Å². The summed E-state index contributed by atoms with van der Waals surface area (Å²) in [5, 5.41) is 3.00. The predicted molar refractivity (Wildman–Crippen MR) is 55.8 cm³/mol. The molecule has 0 aromatic carbocycles. The SMILES string of the molecule is CCOC(=O)CC(=O)C(N=[N+]=[N-])C(=O)OCC. The smallest absolute Gasteiger partial charge is 0.322 e. The Labute approximate surface area is 97.5 Å². The van der Waals surface area contributed by atoms with Gasteiger partial charge in [-0.3, -0.25) is 14.4 Å². The fraction of sp³-hybridized carbons (Fsp3) is 0.667. The van der Waals surface area contributed by atoms with Gasteiger partial charge in [-0.25, -0.2) is 0 Å². The Morgan fingerprint density at radius 1 is 1.24 bits per heavy atom. The molecule has 0 aliphatic heterocycles. The van der Waals surface area contributed by atoms with Crippen molar-refractivity contribution in [1.82, 2.24) is 0 Å². The highest BCUT2D eigenvalue weighted by molar-refractivity contribution is 6.09. The Bertz CT molecular complexity index is 349. The van der Waals surface area contributed by atoms with Gasteiger partial charge in [0, 0.05) is 4.91 Å². The average molecular weight is 243 g/mol. The van der Waals surface area contributed by atoms with Gasteiger partial charge >= 0.3 is 11.9 Å². The molecule has 0 fully saturated rings. The van der Waals surface area contributed by atoms with E-state index in [1.165, 1.54) is 0 Å². The van der Waals surface area contributed by atoms with E-state index in [-0.39, 0.29) is 13.2 Å². The molecule has 0 heterocycles. The standard InChI is InChI=1S/C9H13N3O5/c1-3-16-7(14)5-6(13)8(11-12-10)9(15)17-4-2/h8H,3-5H2,1-2H3. The quantitative estimate of drug-likeness (QED) is 0.215. The minimum atomic E-state index is -1.63. The van der Waals surface area contributed by atoms with E-state index in [0.29, 0.717) is 0 Å². The lowest BCUT2D eigenvalue weighted by Crippen LogP contribution is -2.31. The van der Waals surface area contributed by atoms with Crippen LogP contribution in [0.2, 0.25) is 0 Å². The normalized spacial score (nSPS) is 10.9. The van der Waals surface area contributed by atoms with Crippen LogP contribution in [0.5, 0.6) is 0 Å². The van der Waals surface area contributed by atoms with Crippen LogP contribution in [-0.4, -0.2) is 37.0 Å². The van der Waals surface area contributed by atoms with Crippen molar-refractivity contribution >= 4 is 17.7 Å². The minimum Gasteiger partial charge on any atom is -0.466 e. The molecule has 17 heavy (non-hydrogen) atoms. The topological polar surface area (TPSA) is 118 Å². The second-order valence-electron chi connectivity index (χ2n) is 2.81. The highest BCUT2D eigenvalue weighted by Gasteiger charge is 2.28. The van der Waals surface area contributed by atoms with Crippen LogP contribution in [0, 0.1) is 0 Å². The van der Waals surface area contributed by atoms with Crippen molar-refractivity contribution in [3.05, 3.63) is 10.4 Å². The number of nitrogens with zero attached hydrogens (tertiary/aromatic N) is 3. The Balaban J connectivity index is 4.60. The molecular formula is C9H13N3O5. The first kappa shape index (κ1) is 14.9. The summed E-state index contributed by atoms with van der Waals surface area (Å²) in [6, 6.07) is -1.63. The van der Waals surface area contributed by atoms with Crippen molar-refractivity contribution in [2.75, 3.05) is 13.2 Å². The summed E-state index contributed by atoms with van der Waals surface area (Å²) in [5.41, 5.74) is 8.22. The summed E-state index contributed by atoms with van der Waals surface area (Å²) in [5.74, 6) is -2.60. The van der Waals surface area contributed by atoms with Crippen LogP contribution in [0.4, 0.5) is 0 Å². The van der Waals surface area contributed by atoms with Gasteiger partial charge < -0.3 is 9.47 Å². The maximum Gasteiger partial charge on any atom is 0.322 e. The Kier molecular flexibility index (Phi) is 7.12. The molecule has 0 spiro atoms. The van der Waals surface area contributed by atoms with Gasteiger partial charge in [-0.1, -0.05) is 5.11 Å². The predicted octanol–water partition coefficient (Wildman–Crippen LogP) is 0.751. The molecule has 1 atom stereocenters. The lowest BCUT2D eigenvalue weighted by atomic mass is 10.1. The highest BCUT2D eigenvalue weighted by atomic mass is 16.5. The lowest BCUT2D eigenvalue weighted by Gasteiger charge is -2.08. The van der Waals surface area contributed by atoms with Crippen molar-refractivity contribution in [2.24, 2.45) is 5.11 Å². The number of ketones is 1. The first-order valence-electron chi connectivity index (χ1n) is 4.95. The van der Waals surface area contributed by atoms with Crippen LogP contribution in [0.25, 0.3) is 10.4 Å². The van der Waals surface area contributed by atoms with Crippen LogP contribution in [0.15, 0.2) is 5.11 Å². The number of carbonyl (C=O) groups excluding carboxylic acids is 3. The van der Waals surface area contributed by atoms with Crippen molar-refractivity contribution in [1.29, 1.82) is 0 Å². The fourth-order valence-corrected chi connectivity index (χ4v) is 0.967. The molecule has 0 rings (SSSR count). The third-order valence-electron chi connectivity index (χ3n) is 1.61. The molecule has 0 aromatic rings. The molecule has 0 bridgehead atoms. The van der Waals surface area contributed by atoms with E-state index in [2.05, 4.69) is 19.5 Å². The van der Waals surface area contributed by atoms with E-state index in [4.69, 9.17) is 5.53 Å². The summed E-state index contributed by atoms with van der Waals surface area (Å²) < 4.78 is 9.08. The molecule has 0 N–H and O–H groups in total. The molecular weight excluding hydrogens is 230 g/mol. The molecule has 0 amide bonds. The van der Waals surface area contributed by atoms with E-state index >= 15 is 0 Å². The molecule has 1 unspecified atom stereocenters. The van der Waals surface area contributed by atoms with E-state index < -0.39 is 30.2 Å². The zero-order valence-corrected chi connectivity index (χ0v) is 9.58. The van der Waals surface area contributed by atoms with Crippen molar-refractivity contribution < 1.29 is 23.9 Å². The van der Waals surface area contributed by atoms with Crippen molar-refractivity contribution in [3.63, 3.8) is 0 Å². The van der Waals surface area contributed by atoms with Crippen LogP contribution < -0.4 is 0 Å². The molecule has 0 saturated carbocycles. The second-order valence-corrected chi connectivity index (χ2v) is 2.81. The van der Waals surface area contributed by atoms with E-state index in [0.717, 1.165) is 0 Å².